The van der Waals surface area contributed by atoms with Gasteiger partial charge in [0.25, 0.3) is 11.4 Å². The predicted octanol–water partition coefficient (Wildman–Crippen LogP) is 4.30. The second-order valence-corrected chi connectivity index (χ2v) is 8.07. The van der Waals surface area contributed by atoms with E-state index < -0.39 is 0 Å². The molecule has 0 aliphatic rings. The molecule has 7 nitrogen and oxygen atoms in total. The van der Waals surface area contributed by atoms with Crippen LogP contribution in [0.3, 0.4) is 0 Å². The molecule has 2 aromatic carbocycles. The van der Waals surface area contributed by atoms with E-state index in [9.17, 15) is 9.59 Å². The van der Waals surface area contributed by atoms with Crippen LogP contribution in [0, 0.1) is 0 Å². The Labute approximate surface area is 190 Å². The van der Waals surface area contributed by atoms with Crippen molar-refractivity contribution in [2.45, 2.75) is 13.1 Å². The van der Waals surface area contributed by atoms with Crippen LogP contribution in [0.1, 0.15) is 5.56 Å². The quantitative estimate of drug-likeness (QED) is 0.427. The summed E-state index contributed by atoms with van der Waals surface area (Å²) in [4.78, 5) is 28.9. The molecule has 0 spiro atoms. The summed E-state index contributed by atoms with van der Waals surface area (Å²) in [5.74, 6) is 0.384. The molecule has 0 bridgehead atoms. The molecule has 2 heterocycles. The molecule has 1 amide bonds. The lowest BCUT2D eigenvalue weighted by Gasteiger charge is -2.08. The molecule has 9 heteroatoms. The summed E-state index contributed by atoms with van der Waals surface area (Å²) in [7, 11) is 0. The lowest BCUT2D eigenvalue weighted by molar-refractivity contribution is -0.121. The van der Waals surface area contributed by atoms with E-state index >= 15 is 0 Å². The second kappa shape index (κ2) is 9.28. The molecule has 0 atom stereocenters. The molecule has 0 saturated heterocycles. The number of pyridine rings is 1. The van der Waals surface area contributed by atoms with Crippen molar-refractivity contribution in [2.75, 3.05) is 0 Å². The van der Waals surface area contributed by atoms with E-state index in [2.05, 4.69) is 31.4 Å². The fraction of sp³-hybridized carbons (Fsp3) is 0.0909. The van der Waals surface area contributed by atoms with Gasteiger partial charge in [-0.2, -0.15) is 4.98 Å². The van der Waals surface area contributed by atoms with Gasteiger partial charge in [-0.1, -0.05) is 57.0 Å². The topological polar surface area (TPSA) is 90.0 Å². The Morgan fingerprint density at radius 1 is 1.10 bits per heavy atom. The molecular formula is C22H16BrClN4O3. The van der Waals surface area contributed by atoms with Crippen molar-refractivity contribution in [3.05, 3.63) is 92.3 Å². The third-order valence-corrected chi connectivity index (χ3v) is 5.20. The number of benzene rings is 2. The van der Waals surface area contributed by atoms with Crippen LogP contribution in [-0.2, 0) is 17.9 Å². The summed E-state index contributed by atoms with van der Waals surface area (Å²) in [6, 6.07) is 17.6. The summed E-state index contributed by atoms with van der Waals surface area (Å²) in [6.07, 6.45) is 1.53. The van der Waals surface area contributed by atoms with Crippen LogP contribution in [0.15, 0.2) is 80.7 Å². The van der Waals surface area contributed by atoms with Crippen molar-refractivity contribution in [1.29, 1.82) is 0 Å². The van der Waals surface area contributed by atoms with Gasteiger partial charge < -0.3 is 14.4 Å². The maximum Gasteiger partial charge on any atom is 0.259 e. The molecule has 0 saturated carbocycles. The molecule has 4 rings (SSSR count). The van der Waals surface area contributed by atoms with Crippen LogP contribution in [-0.4, -0.2) is 20.6 Å². The zero-order valence-corrected chi connectivity index (χ0v) is 18.4. The number of carbonyl (C=O) groups is 1. The van der Waals surface area contributed by atoms with Crippen LogP contribution in [0.2, 0.25) is 5.02 Å². The van der Waals surface area contributed by atoms with Crippen LogP contribution in [0.4, 0.5) is 0 Å². The van der Waals surface area contributed by atoms with Gasteiger partial charge in [0.15, 0.2) is 0 Å². The monoisotopic (exact) mass is 498 g/mol. The highest BCUT2D eigenvalue weighted by Gasteiger charge is 2.13. The highest BCUT2D eigenvalue weighted by atomic mass is 79.9. The number of carbonyl (C=O) groups excluding carboxylic acids is 1. The zero-order valence-electron chi connectivity index (χ0n) is 16.1. The highest BCUT2D eigenvalue weighted by molar-refractivity contribution is 9.10. The number of hydrogen-bond donors (Lipinski definition) is 1. The molecule has 0 aliphatic carbocycles. The van der Waals surface area contributed by atoms with Gasteiger partial charge in [0, 0.05) is 33.9 Å². The summed E-state index contributed by atoms with van der Waals surface area (Å²) in [5, 5.41) is 7.42. The Bertz CT molecular complexity index is 1280. The van der Waals surface area contributed by atoms with E-state index in [1.165, 1.54) is 16.8 Å². The molecule has 0 radical (unpaired) electrons. The van der Waals surface area contributed by atoms with Gasteiger partial charge in [-0.3, -0.25) is 9.59 Å². The van der Waals surface area contributed by atoms with Gasteiger partial charge in [-0.05, 0) is 35.9 Å². The number of rotatable bonds is 6. The smallest absolute Gasteiger partial charge is 0.259 e. The van der Waals surface area contributed by atoms with Crippen molar-refractivity contribution in [1.82, 2.24) is 20.0 Å². The number of halogens is 2. The van der Waals surface area contributed by atoms with Gasteiger partial charge in [0.05, 0.1) is 5.56 Å². The van der Waals surface area contributed by atoms with Crippen molar-refractivity contribution in [3.63, 3.8) is 0 Å². The minimum Gasteiger partial charge on any atom is -0.350 e. The summed E-state index contributed by atoms with van der Waals surface area (Å²) in [6.45, 7) is 0.205. The molecule has 2 aromatic heterocycles. The average molecular weight is 500 g/mol. The van der Waals surface area contributed by atoms with Gasteiger partial charge in [-0.15, -0.1) is 0 Å². The lowest BCUT2D eigenvalue weighted by Crippen LogP contribution is -2.31. The van der Waals surface area contributed by atoms with Gasteiger partial charge in [0.1, 0.15) is 6.54 Å². The first kappa shape index (κ1) is 21.0. The van der Waals surface area contributed by atoms with E-state index in [1.54, 1.807) is 18.2 Å². The van der Waals surface area contributed by atoms with E-state index in [4.69, 9.17) is 16.1 Å². The van der Waals surface area contributed by atoms with Crippen molar-refractivity contribution < 1.29 is 9.32 Å². The molecule has 0 unspecified atom stereocenters. The molecular weight excluding hydrogens is 484 g/mol. The van der Waals surface area contributed by atoms with E-state index in [1.807, 2.05) is 36.4 Å². The van der Waals surface area contributed by atoms with Gasteiger partial charge in [0.2, 0.25) is 11.7 Å². The minimum atomic E-state index is -0.308. The largest absolute Gasteiger partial charge is 0.350 e. The third kappa shape index (κ3) is 5.28. The molecule has 156 valence electrons. The van der Waals surface area contributed by atoms with E-state index in [-0.39, 0.29) is 23.9 Å². The Kier molecular flexibility index (Phi) is 6.29. The Morgan fingerprint density at radius 2 is 1.90 bits per heavy atom. The number of amides is 1. The average Bonchev–Trinajstić information content (AvgIpc) is 3.25. The number of nitrogens with zero attached hydrogens (tertiary/aromatic N) is 3. The normalized spacial score (nSPS) is 10.8. The first-order valence-corrected chi connectivity index (χ1v) is 10.5. The van der Waals surface area contributed by atoms with Crippen molar-refractivity contribution in [3.8, 4) is 22.8 Å². The van der Waals surface area contributed by atoms with Gasteiger partial charge >= 0.3 is 0 Å². The third-order valence-electron chi connectivity index (χ3n) is 4.46. The highest BCUT2D eigenvalue weighted by Crippen LogP contribution is 2.23. The van der Waals surface area contributed by atoms with Crippen LogP contribution in [0.5, 0.6) is 0 Å². The SMILES string of the molecule is O=C(Cn1cc(-c2nc(-c3cccc(Br)c3)no2)ccc1=O)NCc1ccc(Cl)cc1. The van der Waals surface area contributed by atoms with Crippen LogP contribution in [0.25, 0.3) is 22.8 Å². The number of aromatic nitrogens is 3. The minimum absolute atomic E-state index is 0.132. The van der Waals surface area contributed by atoms with E-state index in [0.29, 0.717) is 23.0 Å². The summed E-state index contributed by atoms with van der Waals surface area (Å²) < 4.78 is 7.56. The Balaban J connectivity index is 1.48. The number of hydrogen-bond acceptors (Lipinski definition) is 5. The molecule has 0 fully saturated rings. The van der Waals surface area contributed by atoms with Crippen molar-refractivity contribution in [2.24, 2.45) is 0 Å². The first-order chi connectivity index (χ1) is 15.0. The van der Waals surface area contributed by atoms with Crippen LogP contribution < -0.4 is 10.9 Å². The second-order valence-electron chi connectivity index (χ2n) is 6.72. The predicted molar refractivity (Wildman–Crippen MR) is 120 cm³/mol. The molecule has 1 N–H and O–H groups in total. The molecule has 0 aliphatic heterocycles. The maximum absolute atomic E-state index is 12.3. The Hall–Kier alpha value is -3.23. The number of nitrogens with one attached hydrogen (secondary N) is 1. The molecule has 31 heavy (non-hydrogen) atoms. The fourth-order valence-corrected chi connectivity index (χ4v) is 3.41. The summed E-state index contributed by atoms with van der Waals surface area (Å²) in [5.41, 5.74) is 1.93. The van der Waals surface area contributed by atoms with Crippen molar-refractivity contribution >= 4 is 33.4 Å². The standard InChI is InChI=1S/C22H16BrClN4O3/c23-17-3-1-2-15(10-17)21-26-22(31-27-21)16-6-9-20(30)28(12-16)13-19(29)25-11-14-4-7-18(24)8-5-14/h1-10,12H,11,13H2,(H,25,29). The van der Waals surface area contributed by atoms with E-state index in [0.717, 1.165) is 15.6 Å². The Morgan fingerprint density at radius 3 is 2.68 bits per heavy atom. The maximum atomic E-state index is 12.3. The first-order valence-electron chi connectivity index (χ1n) is 9.29. The zero-order chi connectivity index (χ0) is 21.8. The lowest BCUT2D eigenvalue weighted by atomic mass is 10.2. The molecule has 4 aromatic rings. The van der Waals surface area contributed by atoms with Crippen LogP contribution >= 0.6 is 27.5 Å². The fourth-order valence-electron chi connectivity index (χ4n) is 2.88. The van der Waals surface area contributed by atoms with Gasteiger partial charge in [-0.25, -0.2) is 0 Å². The summed E-state index contributed by atoms with van der Waals surface area (Å²) >= 11 is 9.28.